The van der Waals surface area contributed by atoms with E-state index in [1.165, 1.54) is 36.8 Å². The molecule has 0 fully saturated rings. The zero-order valence-electron chi connectivity index (χ0n) is 20.6. The predicted octanol–water partition coefficient (Wildman–Crippen LogP) is 8.54. The second kappa shape index (κ2) is 8.08. The summed E-state index contributed by atoms with van der Waals surface area (Å²) < 4.78 is 0.583. The summed E-state index contributed by atoms with van der Waals surface area (Å²) in [6.45, 7) is 14.6. The number of rotatable bonds is 5. The standard InChI is InChI=1S/C21H21.C10H15.Hf/c1-15(16-6-3-2-4-7-16)12-19-10-11-20-13-17-8-5-9-18(17)14-21(19)20;1-6-7(2)9(4)10(5)8(6)3;/h2-4,6-7,10-11,13-15H,5,8-9,12H2,1H3;1-5H3;. The summed E-state index contributed by atoms with van der Waals surface area (Å²) in [6, 6.07) is 16.4. The summed E-state index contributed by atoms with van der Waals surface area (Å²) >= 11 is -1.26. The summed E-state index contributed by atoms with van der Waals surface area (Å²) in [7, 11) is 0. The van der Waals surface area contributed by atoms with Crippen LogP contribution in [0, 0.1) is 0 Å². The Balaban J connectivity index is 1.62. The van der Waals surface area contributed by atoms with E-state index in [9.17, 15) is 0 Å². The Morgan fingerprint density at radius 3 is 2.19 bits per heavy atom. The minimum absolute atomic E-state index is 0.268. The molecule has 0 heterocycles. The van der Waals surface area contributed by atoms with E-state index >= 15 is 0 Å². The molecule has 0 nitrogen and oxygen atoms in total. The molecule has 32 heavy (non-hydrogen) atoms. The molecule has 0 saturated heterocycles. The van der Waals surface area contributed by atoms with E-state index in [1.54, 1.807) is 39.0 Å². The first-order valence-electron chi connectivity index (χ1n) is 12.3. The molecule has 2 aromatic rings. The summed E-state index contributed by atoms with van der Waals surface area (Å²) in [5.74, 6) is 0.563. The van der Waals surface area contributed by atoms with Crippen LogP contribution < -0.4 is 0 Å². The number of hydrogen-bond acceptors (Lipinski definition) is 0. The van der Waals surface area contributed by atoms with Gasteiger partial charge in [-0.15, -0.1) is 0 Å². The molecule has 3 aliphatic rings. The number of allylic oxidation sites excluding steroid dienone is 5. The van der Waals surface area contributed by atoms with Gasteiger partial charge in [-0.05, 0) is 0 Å². The monoisotopic (exact) mass is 588 g/mol. The number of hydrogen-bond donors (Lipinski definition) is 0. The first-order valence-corrected chi connectivity index (χ1v) is 15.9. The van der Waals surface area contributed by atoms with Gasteiger partial charge in [-0.3, -0.25) is 0 Å². The van der Waals surface area contributed by atoms with Crippen LogP contribution in [0.5, 0.6) is 0 Å². The summed E-state index contributed by atoms with van der Waals surface area (Å²) in [5, 5.41) is 0. The average molecular weight is 587 g/mol. The fourth-order valence-electron chi connectivity index (χ4n) is 6.44. The van der Waals surface area contributed by atoms with Gasteiger partial charge in [0.25, 0.3) is 0 Å². The van der Waals surface area contributed by atoms with E-state index < -0.39 is 22.9 Å². The van der Waals surface area contributed by atoms with Gasteiger partial charge in [-0.2, -0.15) is 0 Å². The molecule has 0 aliphatic heterocycles. The Bertz CT molecular complexity index is 1140. The Labute approximate surface area is 206 Å². The van der Waals surface area contributed by atoms with Crippen molar-refractivity contribution in [1.29, 1.82) is 0 Å². The SMILES string of the molecule is CC1=C(C)[C](C)([Hf][C]2(CC(C)c3ccccc3)C=Cc3cc4c(cc32)CCC4)C(C)=C1C. The van der Waals surface area contributed by atoms with Crippen LogP contribution >= 0.6 is 0 Å². The number of benzene rings is 2. The Kier molecular flexibility index (Phi) is 5.64. The van der Waals surface area contributed by atoms with Crippen LogP contribution in [0.25, 0.3) is 6.08 Å². The summed E-state index contributed by atoms with van der Waals surface area (Å²) in [5.41, 5.74) is 14.4. The molecule has 2 unspecified atom stereocenters. The third kappa shape index (κ3) is 3.42. The predicted molar refractivity (Wildman–Crippen MR) is 134 cm³/mol. The van der Waals surface area contributed by atoms with Gasteiger partial charge in [0.05, 0.1) is 0 Å². The molecule has 0 spiro atoms. The topological polar surface area (TPSA) is 0 Å². The van der Waals surface area contributed by atoms with Crippen LogP contribution in [-0.2, 0) is 38.9 Å². The van der Waals surface area contributed by atoms with Crippen molar-refractivity contribution >= 4 is 6.08 Å². The van der Waals surface area contributed by atoms with Crippen LogP contribution in [0.1, 0.15) is 88.1 Å². The molecule has 0 saturated carbocycles. The van der Waals surface area contributed by atoms with Gasteiger partial charge >= 0.3 is 207 Å². The van der Waals surface area contributed by atoms with Gasteiger partial charge < -0.3 is 0 Å². The fourth-order valence-corrected chi connectivity index (χ4v) is 15.7. The maximum atomic E-state index is 2.67. The van der Waals surface area contributed by atoms with Gasteiger partial charge in [-0.1, -0.05) is 0 Å². The minimum atomic E-state index is -1.26. The van der Waals surface area contributed by atoms with Crippen LogP contribution in [0.2, 0.25) is 3.17 Å². The Morgan fingerprint density at radius 2 is 1.53 bits per heavy atom. The summed E-state index contributed by atoms with van der Waals surface area (Å²) in [6.07, 6.45) is 10.3. The van der Waals surface area contributed by atoms with Crippen LogP contribution in [0.15, 0.2) is 70.8 Å². The Hall–Kier alpha value is -1.47. The second-order valence-electron chi connectivity index (χ2n) is 10.6. The fraction of sp³-hybridized carbons (Fsp3) is 0.419. The van der Waals surface area contributed by atoms with E-state index in [2.05, 4.69) is 96.2 Å². The molecule has 0 aromatic heterocycles. The molecule has 5 rings (SSSR count). The van der Waals surface area contributed by atoms with Crippen molar-refractivity contribution in [2.75, 3.05) is 0 Å². The van der Waals surface area contributed by atoms with Gasteiger partial charge in [0, 0.05) is 0 Å². The maximum absolute atomic E-state index is 2.67. The van der Waals surface area contributed by atoms with E-state index in [4.69, 9.17) is 0 Å². The molecule has 2 atom stereocenters. The zero-order chi connectivity index (χ0) is 22.7. The molecule has 3 aliphatic carbocycles. The van der Waals surface area contributed by atoms with E-state index in [0.717, 1.165) is 0 Å². The molecule has 1 heteroatoms. The first kappa shape index (κ1) is 22.3. The molecule has 164 valence electrons. The van der Waals surface area contributed by atoms with Gasteiger partial charge in [-0.25, -0.2) is 0 Å². The van der Waals surface area contributed by atoms with Crippen molar-refractivity contribution in [3.05, 3.63) is 98.7 Å². The molecule has 0 N–H and O–H groups in total. The average Bonchev–Trinajstić information content (AvgIpc) is 3.43. The van der Waals surface area contributed by atoms with Crippen LogP contribution in [0.3, 0.4) is 0 Å². The van der Waals surface area contributed by atoms with Crippen molar-refractivity contribution in [1.82, 2.24) is 0 Å². The van der Waals surface area contributed by atoms with Gasteiger partial charge in [0.2, 0.25) is 0 Å². The second-order valence-corrected chi connectivity index (χ2v) is 18.3. The van der Waals surface area contributed by atoms with Crippen LogP contribution in [-0.4, -0.2) is 0 Å². The first-order chi connectivity index (χ1) is 15.2. The molecule has 0 bridgehead atoms. The molecular formula is C31H36Hf. The van der Waals surface area contributed by atoms with E-state index in [-0.39, 0.29) is 3.17 Å². The normalized spacial score (nSPS) is 24.2. The molecular weight excluding hydrogens is 551 g/mol. The van der Waals surface area contributed by atoms with Gasteiger partial charge in [0.1, 0.15) is 0 Å². The quantitative estimate of drug-likeness (QED) is 0.308. The third-order valence-corrected chi connectivity index (χ3v) is 17.3. The van der Waals surface area contributed by atoms with Crippen LogP contribution in [0.4, 0.5) is 0 Å². The zero-order valence-corrected chi connectivity index (χ0v) is 24.2. The Morgan fingerprint density at radius 1 is 0.906 bits per heavy atom. The van der Waals surface area contributed by atoms with E-state index in [1.807, 2.05) is 0 Å². The third-order valence-electron chi connectivity index (χ3n) is 8.95. The molecule has 0 amide bonds. The van der Waals surface area contributed by atoms with Crippen molar-refractivity contribution < 1.29 is 22.9 Å². The van der Waals surface area contributed by atoms with E-state index in [0.29, 0.717) is 9.09 Å². The van der Waals surface area contributed by atoms with Crippen molar-refractivity contribution in [3.8, 4) is 0 Å². The number of fused-ring (bicyclic) bond motifs is 2. The van der Waals surface area contributed by atoms with Crippen molar-refractivity contribution in [2.24, 2.45) is 0 Å². The summed E-state index contributed by atoms with van der Waals surface area (Å²) in [4.78, 5) is 0. The van der Waals surface area contributed by atoms with Gasteiger partial charge in [0.15, 0.2) is 0 Å². The van der Waals surface area contributed by atoms with Crippen molar-refractivity contribution in [2.45, 2.75) is 79.5 Å². The van der Waals surface area contributed by atoms with Crippen molar-refractivity contribution in [3.63, 3.8) is 0 Å². The number of aryl methyl sites for hydroxylation is 2. The molecule has 0 radical (unpaired) electrons. The molecule has 2 aromatic carbocycles.